The highest BCUT2D eigenvalue weighted by atomic mass is 16.7. The third-order valence-corrected chi connectivity index (χ3v) is 4.99. The van der Waals surface area contributed by atoms with E-state index < -0.39 is 6.29 Å². The van der Waals surface area contributed by atoms with Gasteiger partial charge in [0, 0.05) is 5.56 Å². The molecular formula is C25H26O5. The molecule has 1 aliphatic heterocycles. The highest BCUT2D eigenvalue weighted by Gasteiger charge is 2.38. The summed E-state index contributed by atoms with van der Waals surface area (Å²) < 4.78 is 24.0. The quantitative estimate of drug-likeness (QED) is 0.562. The van der Waals surface area contributed by atoms with Crippen molar-refractivity contribution < 1.29 is 24.1 Å². The van der Waals surface area contributed by atoms with Gasteiger partial charge < -0.3 is 24.1 Å². The zero-order valence-electron chi connectivity index (χ0n) is 16.7. The highest BCUT2D eigenvalue weighted by molar-refractivity contribution is 5.33. The van der Waals surface area contributed by atoms with Crippen molar-refractivity contribution in [2.75, 3.05) is 13.2 Å². The van der Waals surface area contributed by atoms with Crippen LogP contribution in [0, 0.1) is 0 Å². The topological polar surface area (TPSA) is 57.2 Å². The van der Waals surface area contributed by atoms with Gasteiger partial charge in [0.25, 0.3) is 0 Å². The van der Waals surface area contributed by atoms with E-state index >= 15 is 0 Å². The summed E-state index contributed by atoms with van der Waals surface area (Å²) in [5.74, 6) is 0.150. The predicted molar refractivity (Wildman–Crippen MR) is 113 cm³/mol. The molecular weight excluding hydrogens is 380 g/mol. The summed E-state index contributed by atoms with van der Waals surface area (Å²) in [7, 11) is 0. The fourth-order valence-corrected chi connectivity index (χ4v) is 3.39. The molecule has 156 valence electrons. The van der Waals surface area contributed by atoms with Crippen molar-refractivity contribution in [2.24, 2.45) is 0 Å². The van der Waals surface area contributed by atoms with Gasteiger partial charge in [-0.2, -0.15) is 0 Å². The number of phenolic OH excluding ortho intramolecular Hbond substituents is 1. The SMILES string of the molecule is Oc1ccccc1C1O[C@@H](COCc2ccccc2)[C@H](COCc2ccccc2)O1. The number of hydrogen-bond donors (Lipinski definition) is 1. The molecule has 0 amide bonds. The van der Waals surface area contributed by atoms with Gasteiger partial charge in [0.2, 0.25) is 0 Å². The molecule has 4 rings (SSSR count). The average Bonchev–Trinajstić information content (AvgIpc) is 3.18. The third-order valence-electron chi connectivity index (χ3n) is 4.99. The molecule has 0 radical (unpaired) electrons. The molecule has 0 saturated carbocycles. The van der Waals surface area contributed by atoms with Gasteiger partial charge in [0.15, 0.2) is 6.29 Å². The molecule has 5 heteroatoms. The van der Waals surface area contributed by atoms with E-state index in [0.717, 1.165) is 11.1 Å². The van der Waals surface area contributed by atoms with Gasteiger partial charge in [0.1, 0.15) is 18.0 Å². The summed E-state index contributed by atoms with van der Waals surface area (Å²) in [5.41, 5.74) is 2.81. The Morgan fingerprint density at radius 1 is 0.633 bits per heavy atom. The Hall–Kier alpha value is -2.70. The Morgan fingerprint density at radius 2 is 1.10 bits per heavy atom. The molecule has 0 unspecified atom stereocenters. The molecule has 0 aromatic heterocycles. The van der Waals surface area contributed by atoms with Gasteiger partial charge in [-0.05, 0) is 17.2 Å². The number of rotatable bonds is 9. The molecule has 0 aliphatic carbocycles. The lowest BCUT2D eigenvalue weighted by atomic mass is 10.2. The number of para-hydroxylation sites is 1. The fourth-order valence-electron chi connectivity index (χ4n) is 3.39. The number of ether oxygens (including phenoxy) is 4. The first-order chi connectivity index (χ1) is 14.8. The second-order valence-corrected chi connectivity index (χ2v) is 7.24. The average molecular weight is 406 g/mol. The van der Waals surface area contributed by atoms with Crippen molar-refractivity contribution in [1.29, 1.82) is 0 Å². The molecule has 3 aromatic carbocycles. The van der Waals surface area contributed by atoms with Crippen LogP contribution in [0.4, 0.5) is 0 Å². The molecule has 0 spiro atoms. The van der Waals surface area contributed by atoms with Gasteiger partial charge in [-0.25, -0.2) is 0 Å². The van der Waals surface area contributed by atoms with Crippen LogP contribution in [0.25, 0.3) is 0 Å². The van der Waals surface area contributed by atoms with E-state index in [-0.39, 0.29) is 18.0 Å². The normalized spacial score (nSPS) is 19.2. The summed E-state index contributed by atoms with van der Waals surface area (Å²) >= 11 is 0. The van der Waals surface area contributed by atoms with Crippen LogP contribution in [0.2, 0.25) is 0 Å². The monoisotopic (exact) mass is 406 g/mol. The Labute approximate surface area is 176 Å². The molecule has 1 aliphatic rings. The van der Waals surface area contributed by atoms with Crippen LogP contribution in [0.3, 0.4) is 0 Å². The van der Waals surface area contributed by atoms with E-state index in [1.54, 1.807) is 18.2 Å². The second kappa shape index (κ2) is 10.4. The van der Waals surface area contributed by atoms with E-state index in [4.69, 9.17) is 18.9 Å². The summed E-state index contributed by atoms with van der Waals surface area (Å²) in [6, 6.07) is 27.1. The molecule has 1 fully saturated rings. The van der Waals surface area contributed by atoms with Crippen LogP contribution in [0.5, 0.6) is 5.75 Å². The Kier molecular flexibility index (Phi) is 7.11. The Morgan fingerprint density at radius 3 is 1.60 bits per heavy atom. The fraction of sp³-hybridized carbons (Fsp3) is 0.280. The lowest BCUT2D eigenvalue weighted by Gasteiger charge is -2.17. The predicted octanol–water partition coefficient (Wildman–Crippen LogP) is 4.61. The molecule has 30 heavy (non-hydrogen) atoms. The van der Waals surface area contributed by atoms with Crippen LogP contribution in [0.1, 0.15) is 23.0 Å². The van der Waals surface area contributed by atoms with Crippen molar-refractivity contribution in [3.05, 3.63) is 102 Å². The van der Waals surface area contributed by atoms with Crippen molar-refractivity contribution >= 4 is 0 Å². The van der Waals surface area contributed by atoms with Crippen molar-refractivity contribution in [3.8, 4) is 5.75 Å². The summed E-state index contributed by atoms with van der Waals surface area (Å²) in [4.78, 5) is 0. The first-order valence-corrected chi connectivity index (χ1v) is 10.1. The minimum absolute atomic E-state index is 0.150. The number of phenols is 1. The molecule has 0 bridgehead atoms. The maximum Gasteiger partial charge on any atom is 0.188 e. The second-order valence-electron chi connectivity index (χ2n) is 7.24. The van der Waals surface area contributed by atoms with Gasteiger partial charge in [-0.15, -0.1) is 0 Å². The minimum Gasteiger partial charge on any atom is -0.507 e. The van der Waals surface area contributed by atoms with E-state index in [1.807, 2.05) is 66.7 Å². The van der Waals surface area contributed by atoms with Crippen molar-refractivity contribution in [2.45, 2.75) is 31.7 Å². The summed E-state index contributed by atoms with van der Waals surface area (Å²) in [6.07, 6.45) is -1.25. The van der Waals surface area contributed by atoms with E-state index in [1.165, 1.54) is 0 Å². The Bertz CT molecular complexity index is 846. The molecule has 1 saturated heterocycles. The molecule has 5 nitrogen and oxygen atoms in total. The van der Waals surface area contributed by atoms with Crippen molar-refractivity contribution in [3.63, 3.8) is 0 Å². The van der Waals surface area contributed by atoms with E-state index in [2.05, 4.69) is 0 Å². The maximum absolute atomic E-state index is 10.2. The first kappa shape index (κ1) is 20.6. The van der Waals surface area contributed by atoms with Crippen molar-refractivity contribution in [1.82, 2.24) is 0 Å². The number of benzene rings is 3. The minimum atomic E-state index is -0.651. The van der Waals surface area contributed by atoms with Crippen LogP contribution in [-0.4, -0.2) is 30.5 Å². The molecule has 2 atom stereocenters. The lowest BCUT2D eigenvalue weighted by Crippen LogP contribution is -2.31. The van der Waals surface area contributed by atoms with Crippen LogP contribution >= 0.6 is 0 Å². The smallest absolute Gasteiger partial charge is 0.188 e. The standard InChI is InChI=1S/C25H26O5/c26-22-14-8-7-13-21(22)25-29-23(17-27-15-19-9-3-1-4-10-19)24(30-25)18-28-16-20-11-5-2-6-12-20/h1-14,23-26H,15-18H2/t23-,24-/m0/s1. The van der Waals surface area contributed by atoms with Gasteiger partial charge >= 0.3 is 0 Å². The third kappa shape index (κ3) is 5.46. The van der Waals surface area contributed by atoms with E-state index in [0.29, 0.717) is 32.0 Å². The van der Waals surface area contributed by atoms with E-state index in [9.17, 15) is 5.11 Å². The lowest BCUT2D eigenvalue weighted by molar-refractivity contribution is -0.0848. The zero-order valence-corrected chi connectivity index (χ0v) is 16.7. The molecule has 1 N–H and O–H groups in total. The molecule has 1 heterocycles. The van der Waals surface area contributed by atoms with Gasteiger partial charge in [-0.1, -0.05) is 78.9 Å². The summed E-state index contributed by atoms with van der Waals surface area (Å²) in [5, 5.41) is 10.2. The zero-order chi connectivity index (χ0) is 20.6. The van der Waals surface area contributed by atoms with Gasteiger partial charge in [-0.3, -0.25) is 0 Å². The number of aromatic hydroxyl groups is 1. The van der Waals surface area contributed by atoms with Crippen LogP contribution < -0.4 is 0 Å². The largest absolute Gasteiger partial charge is 0.507 e. The highest BCUT2D eigenvalue weighted by Crippen LogP contribution is 2.36. The summed E-state index contributed by atoms with van der Waals surface area (Å²) in [6.45, 7) is 1.75. The molecule has 3 aromatic rings. The van der Waals surface area contributed by atoms with Crippen LogP contribution in [0.15, 0.2) is 84.9 Å². The maximum atomic E-state index is 10.2. The number of hydrogen-bond acceptors (Lipinski definition) is 5. The van der Waals surface area contributed by atoms with Crippen LogP contribution in [-0.2, 0) is 32.2 Å². The Balaban J connectivity index is 1.37. The van der Waals surface area contributed by atoms with Gasteiger partial charge in [0.05, 0.1) is 26.4 Å². The first-order valence-electron chi connectivity index (χ1n) is 10.1.